The van der Waals surface area contributed by atoms with Crippen molar-refractivity contribution in [1.29, 1.82) is 0 Å². The highest BCUT2D eigenvalue weighted by Gasteiger charge is 2.32. The lowest BCUT2D eigenvalue weighted by atomic mass is 10.0. The van der Waals surface area contributed by atoms with Gasteiger partial charge in [-0.1, -0.05) is 91.2 Å². The van der Waals surface area contributed by atoms with Crippen molar-refractivity contribution in [2.45, 2.75) is 57.7 Å². The van der Waals surface area contributed by atoms with E-state index in [1.165, 1.54) is 0 Å². The number of rotatable bonds is 10. The Hall–Kier alpha value is -3.60. The molecule has 1 atom stereocenters. The van der Waals surface area contributed by atoms with Crippen molar-refractivity contribution in [2.75, 3.05) is 6.61 Å². The predicted molar refractivity (Wildman–Crippen MR) is 138 cm³/mol. The molecule has 5 heteroatoms. The molecule has 0 saturated heterocycles. The third kappa shape index (κ3) is 7.19. The lowest BCUT2D eigenvalue weighted by Gasteiger charge is -2.32. The molecule has 0 heterocycles. The van der Waals surface area contributed by atoms with Crippen LogP contribution in [0, 0.1) is 6.92 Å². The molecule has 1 unspecified atom stereocenters. The molecule has 1 aliphatic carbocycles. The van der Waals surface area contributed by atoms with Crippen molar-refractivity contribution in [3.63, 3.8) is 0 Å². The number of benzene rings is 3. The Balaban J connectivity index is 1.60. The molecule has 182 valence electrons. The zero-order valence-electron chi connectivity index (χ0n) is 20.4. The first-order chi connectivity index (χ1) is 17.1. The van der Waals surface area contributed by atoms with Gasteiger partial charge in [-0.2, -0.15) is 0 Å². The highest BCUT2D eigenvalue weighted by Crippen LogP contribution is 2.20. The minimum atomic E-state index is -0.633. The van der Waals surface area contributed by atoms with E-state index in [0.717, 1.165) is 42.4 Å². The minimum absolute atomic E-state index is 0.0964. The van der Waals surface area contributed by atoms with Crippen LogP contribution < -0.4 is 10.1 Å². The van der Waals surface area contributed by atoms with E-state index < -0.39 is 6.04 Å². The maximum Gasteiger partial charge on any atom is 0.261 e. The highest BCUT2D eigenvalue weighted by atomic mass is 16.5. The summed E-state index contributed by atoms with van der Waals surface area (Å²) < 4.78 is 5.80. The van der Waals surface area contributed by atoms with Crippen LogP contribution in [0.5, 0.6) is 5.75 Å². The van der Waals surface area contributed by atoms with Crippen LogP contribution in [0.25, 0.3) is 0 Å². The standard InChI is InChI=1S/C30H34N2O3/c1-23-16-18-25(19-17-23)21-32(29(33)22-35-27-14-6-3-7-15-27)28(20-24-10-4-2-5-11-24)30(34)31-26-12-8-9-13-26/h2-7,10-11,14-19,26,28H,8-9,12-13,20-22H2,1H3,(H,31,34). The van der Waals surface area contributed by atoms with Crippen molar-refractivity contribution in [3.05, 3.63) is 102 Å². The fourth-order valence-corrected chi connectivity index (χ4v) is 4.56. The first-order valence-electron chi connectivity index (χ1n) is 12.5. The van der Waals surface area contributed by atoms with Crippen LogP contribution in [0.1, 0.15) is 42.4 Å². The van der Waals surface area contributed by atoms with Crippen molar-refractivity contribution in [1.82, 2.24) is 10.2 Å². The Morgan fingerprint density at radius 2 is 1.51 bits per heavy atom. The lowest BCUT2D eigenvalue weighted by Crippen LogP contribution is -2.53. The van der Waals surface area contributed by atoms with Gasteiger partial charge in [0.1, 0.15) is 11.8 Å². The van der Waals surface area contributed by atoms with E-state index in [2.05, 4.69) is 5.32 Å². The molecular weight excluding hydrogens is 436 g/mol. The summed E-state index contributed by atoms with van der Waals surface area (Å²) in [5.41, 5.74) is 3.15. The molecule has 35 heavy (non-hydrogen) atoms. The summed E-state index contributed by atoms with van der Waals surface area (Å²) in [7, 11) is 0. The SMILES string of the molecule is Cc1ccc(CN(C(=O)COc2ccccc2)C(Cc2ccccc2)C(=O)NC2CCCC2)cc1. The molecule has 0 radical (unpaired) electrons. The van der Waals surface area contributed by atoms with Crippen LogP contribution in [0.2, 0.25) is 0 Å². The molecule has 0 bridgehead atoms. The largest absolute Gasteiger partial charge is 0.484 e. The molecule has 0 aromatic heterocycles. The Morgan fingerprint density at radius 3 is 2.17 bits per heavy atom. The zero-order valence-corrected chi connectivity index (χ0v) is 20.4. The first-order valence-corrected chi connectivity index (χ1v) is 12.5. The Labute approximate surface area is 208 Å². The molecule has 4 rings (SSSR count). The third-order valence-electron chi connectivity index (χ3n) is 6.55. The highest BCUT2D eigenvalue weighted by molar-refractivity contribution is 5.88. The number of carbonyl (C=O) groups excluding carboxylic acids is 2. The second-order valence-electron chi connectivity index (χ2n) is 9.30. The Morgan fingerprint density at radius 1 is 0.886 bits per heavy atom. The van der Waals surface area contributed by atoms with Crippen LogP contribution in [-0.4, -0.2) is 35.4 Å². The van der Waals surface area contributed by atoms with Gasteiger partial charge < -0.3 is 15.0 Å². The molecule has 1 saturated carbocycles. The monoisotopic (exact) mass is 470 g/mol. The molecule has 3 aromatic rings. The van der Waals surface area contributed by atoms with Crippen molar-refractivity contribution in [2.24, 2.45) is 0 Å². The molecule has 2 amide bonds. The van der Waals surface area contributed by atoms with E-state index in [1.54, 1.807) is 4.90 Å². The summed E-state index contributed by atoms with van der Waals surface area (Å²) >= 11 is 0. The average molecular weight is 471 g/mol. The first kappa shape index (κ1) is 24.5. The number of carbonyl (C=O) groups is 2. The second kappa shape index (κ2) is 12.2. The molecule has 3 aromatic carbocycles. The lowest BCUT2D eigenvalue weighted by molar-refractivity contribution is -0.143. The quantitative estimate of drug-likeness (QED) is 0.450. The molecule has 1 N–H and O–H groups in total. The minimum Gasteiger partial charge on any atom is -0.484 e. The number of nitrogens with one attached hydrogen (secondary N) is 1. The van der Waals surface area contributed by atoms with Gasteiger partial charge in [0, 0.05) is 19.0 Å². The van der Waals surface area contributed by atoms with Gasteiger partial charge in [0.25, 0.3) is 5.91 Å². The summed E-state index contributed by atoms with van der Waals surface area (Å²) in [6.07, 6.45) is 4.69. The van der Waals surface area contributed by atoms with Crippen molar-refractivity contribution < 1.29 is 14.3 Å². The topological polar surface area (TPSA) is 58.6 Å². The van der Waals surface area contributed by atoms with Gasteiger partial charge >= 0.3 is 0 Å². The summed E-state index contributed by atoms with van der Waals surface area (Å²) in [4.78, 5) is 28.9. The average Bonchev–Trinajstić information content (AvgIpc) is 3.40. The number of nitrogens with zero attached hydrogens (tertiary/aromatic N) is 1. The van der Waals surface area contributed by atoms with E-state index in [-0.39, 0.29) is 24.5 Å². The number of hydrogen-bond acceptors (Lipinski definition) is 3. The third-order valence-corrected chi connectivity index (χ3v) is 6.55. The number of ether oxygens (including phenoxy) is 1. The van der Waals surface area contributed by atoms with Crippen LogP contribution in [-0.2, 0) is 22.6 Å². The van der Waals surface area contributed by atoms with Crippen molar-refractivity contribution >= 4 is 11.8 Å². The summed E-state index contributed by atoms with van der Waals surface area (Å²) in [5, 5.41) is 3.23. The fraction of sp³-hybridized carbons (Fsp3) is 0.333. The smallest absolute Gasteiger partial charge is 0.261 e. The van der Waals surface area contributed by atoms with Gasteiger partial charge in [-0.3, -0.25) is 9.59 Å². The van der Waals surface area contributed by atoms with Gasteiger partial charge in [0.2, 0.25) is 5.91 Å². The molecule has 5 nitrogen and oxygen atoms in total. The van der Waals surface area contributed by atoms with E-state index in [4.69, 9.17) is 4.74 Å². The van der Waals surface area contributed by atoms with Crippen LogP contribution in [0.4, 0.5) is 0 Å². The maximum absolute atomic E-state index is 13.6. The van der Waals surface area contributed by atoms with Crippen molar-refractivity contribution in [3.8, 4) is 5.75 Å². The van der Waals surface area contributed by atoms with Gasteiger partial charge in [0.05, 0.1) is 0 Å². The van der Waals surface area contributed by atoms with E-state index >= 15 is 0 Å². The maximum atomic E-state index is 13.6. The number of amides is 2. The predicted octanol–water partition coefficient (Wildman–Crippen LogP) is 5.07. The van der Waals surface area contributed by atoms with Gasteiger partial charge in [-0.05, 0) is 43.0 Å². The van der Waals surface area contributed by atoms with E-state index in [9.17, 15) is 9.59 Å². The van der Waals surface area contributed by atoms with Crippen LogP contribution >= 0.6 is 0 Å². The summed E-state index contributed by atoms with van der Waals surface area (Å²) in [6, 6.07) is 26.8. The van der Waals surface area contributed by atoms with Crippen LogP contribution in [0.3, 0.4) is 0 Å². The molecule has 0 aliphatic heterocycles. The summed E-state index contributed by atoms with van der Waals surface area (Å²) in [5.74, 6) is 0.323. The molecule has 0 spiro atoms. The fourth-order valence-electron chi connectivity index (χ4n) is 4.56. The van der Waals surface area contributed by atoms with E-state index in [0.29, 0.717) is 18.7 Å². The van der Waals surface area contributed by atoms with Crippen LogP contribution in [0.15, 0.2) is 84.9 Å². The molecule has 1 fully saturated rings. The summed E-state index contributed by atoms with van der Waals surface area (Å²) in [6.45, 7) is 2.25. The van der Waals surface area contributed by atoms with Gasteiger partial charge in [-0.15, -0.1) is 0 Å². The number of hydrogen-bond donors (Lipinski definition) is 1. The molecular formula is C30H34N2O3. The Kier molecular flexibility index (Phi) is 8.55. The number of aryl methyl sites for hydroxylation is 1. The number of para-hydroxylation sites is 1. The Bertz CT molecular complexity index is 1080. The molecule has 1 aliphatic rings. The van der Waals surface area contributed by atoms with Gasteiger partial charge in [-0.25, -0.2) is 0 Å². The zero-order chi connectivity index (χ0) is 24.5. The van der Waals surface area contributed by atoms with Gasteiger partial charge in [0.15, 0.2) is 6.61 Å². The normalized spacial score (nSPS) is 14.3. The second-order valence-corrected chi connectivity index (χ2v) is 9.30. The van der Waals surface area contributed by atoms with E-state index in [1.807, 2.05) is 91.9 Å².